The van der Waals surface area contributed by atoms with E-state index in [4.69, 9.17) is 4.74 Å². The second-order valence-corrected chi connectivity index (χ2v) is 7.78. The number of fused-ring (bicyclic) bond motifs is 3. The summed E-state index contributed by atoms with van der Waals surface area (Å²) in [6.07, 6.45) is 1.46. The van der Waals surface area contributed by atoms with Crippen LogP contribution in [-0.4, -0.2) is 33.7 Å². The molecule has 0 saturated carbocycles. The van der Waals surface area contributed by atoms with Crippen LogP contribution in [0, 0.1) is 6.92 Å². The second-order valence-electron chi connectivity index (χ2n) is 6.86. The van der Waals surface area contributed by atoms with E-state index in [1.165, 1.54) is 11.1 Å². The van der Waals surface area contributed by atoms with Crippen molar-refractivity contribution in [2.75, 3.05) is 12.0 Å². The van der Waals surface area contributed by atoms with Gasteiger partial charge in [-0.25, -0.2) is 14.6 Å². The molecule has 0 fully saturated rings. The average molecular weight is 463 g/mol. The van der Waals surface area contributed by atoms with Crippen molar-refractivity contribution in [2.45, 2.75) is 6.92 Å². The molecule has 5 rings (SSSR count). The average Bonchev–Trinajstić information content (AvgIpc) is 3.23. The van der Waals surface area contributed by atoms with Crippen molar-refractivity contribution < 1.29 is 14.3 Å². The monoisotopic (exact) mass is 462 g/mol. The molecule has 1 aliphatic rings. The lowest BCUT2D eigenvalue weighted by Gasteiger charge is -2.13. The maximum absolute atomic E-state index is 13.3. The van der Waals surface area contributed by atoms with Crippen molar-refractivity contribution in [1.29, 1.82) is 0 Å². The molecule has 0 saturated heterocycles. The van der Waals surface area contributed by atoms with Crippen molar-refractivity contribution >= 4 is 44.5 Å². The maximum Gasteiger partial charge on any atom is 0.267 e. The third-order valence-corrected chi connectivity index (χ3v) is 5.65. The standard InChI is InChI=1S/C22H15BrN4O3/c1-12-18-19-17(21(28)26(22(19)29)14-5-3-13(23)4-6-14)11-24-20(18)27(25-12)15-7-9-16(30-2)10-8-15/h3-11H,1-2H3. The quantitative estimate of drug-likeness (QED) is 0.424. The summed E-state index contributed by atoms with van der Waals surface area (Å²) < 4.78 is 7.74. The van der Waals surface area contributed by atoms with Crippen LogP contribution in [0.2, 0.25) is 0 Å². The van der Waals surface area contributed by atoms with E-state index in [-0.39, 0.29) is 17.4 Å². The van der Waals surface area contributed by atoms with Gasteiger partial charge >= 0.3 is 0 Å². The minimum atomic E-state index is -0.386. The van der Waals surface area contributed by atoms with E-state index in [9.17, 15) is 9.59 Å². The van der Waals surface area contributed by atoms with E-state index < -0.39 is 0 Å². The van der Waals surface area contributed by atoms with E-state index in [1.54, 1.807) is 36.1 Å². The molecule has 7 nitrogen and oxygen atoms in total. The molecule has 2 aromatic carbocycles. The summed E-state index contributed by atoms with van der Waals surface area (Å²) in [4.78, 5) is 32.0. The number of aryl methyl sites for hydroxylation is 1. The smallest absolute Gasteiger partial charge is 0.267 e. The summed E-state index contributed by atoms with van der Waals surface area (Å²) in [7, 11) is 1.60. The first-order chi connectivity index (χ1) is 14.5. The van der Waals surface area contributed by atoms with Crippen LogP contribution in [0.5, 0.6) is 5.75 Å². The topological polar surface area (TPSA) is 77.3 Å². The molecule has 3 heterocycles. The first kappa shape index (κ1) is 18.5. The lowest BCUT2D eigenvalue weighted by Crippen LogP contribution is -2.29. The first-order valence-electron chi connectivity index (χ1n) is 9.16. The minimum Gasteiger partial charge on any atom is -0.497 e. The van der Waals surface area contributed by atoms with E-state index in [1.807, 2.05) is 31.2 Å². The predicted molar refractivity (Wildman–Crippen MR) is 115 cm³/mol. The predicted octanol–water partition coefficient (Wildman–Crippen LogP) is 4.30. The highest BCUT2D eigenvalue weighted by molar-refractivity contribution is 9.10. The molecule has 0 N–H and O–H groups in total. The Morgan fingerprint density at radius 2 is 1.60 bits per heavy atom. The van der Waals surface area contributed by atoms with E-state index >= 15 is 0 Å². The van der Waals surface area contributed by atoms with Crippen molar-refractivity contribution in [2.24, 2.45) is 0 Å². The molecule has 148 valence electrons. The fourth-order valence-electron chi connectivity index (χ4n) is 3.69. The van der Waals surface area contributed by atoms with Crippen LogP contribution in [0.25, 0.3) is 16.7 Å². The molecule has 0 atom stereocenters. The molecule has 30 heavy (non-hydrogen) atoms. The Labute approximate surface area is 180 Å². The van der Waals surface area contributed by atoms with E-state index in [0.29, 0.717) is 28.0 Å². The van der Waals surface area contributed by atoms with Crippen molar-refractivity contribution in [3.05, 3.63) is 76.0 Å². The van der Waals surface area contributed by atoms with Gasteiger partial charge < -0.3 is 4.74 Å². The minimum absolute atomic E-state index is 0.285. The molecule has 2 amide bonds. The van der Waals surface area contributed by atoms with Crippen LogP contribution in [0.4, 0.5) is 5.69 Å². The molecule has 0 unspecified atom stereocenters. The normalized spacial score (nSPS) is 13.2. The Morgan fingerprint density at radius 3 is 2.27 bits per heavy atom. The summed E-state index contributed by atoms with van der Waals surface area (Å²) in [6.45, 7) is 1.81. The molecule has 0 bridgehead atoms. The number of imide groups is 1. The fraction of sp³-hybridized carbons (Fsp3) is 0.0909. The Balaban J connectivity index is 1.67. The van der Waals surface area contributed by atoms with Gasteiger partial charge in [0.2, 0.25) is 0 Å². The van der Waals surface area contributed by atoms with Gasteiger partial charge in [0.1, 0.15) is 5.75 Å². The highest BCUT2D eigenvalue weighted by Crippen LogP contribution is 2.35. The SMILES string of the molecule is COc1ccc(-n2nc(C)c3c4c(cnc32)C(=O)N(c2ccc(Br)cc2)C4=O)cc1. The Kier molecular flexibility index (Phi) is 4.18. The zero-order valence-corrected chi connectivity index (χ0v) is 17.7. The summed E-state index contributed by atoms with van der Waals surface area (Å²) in [6, 6.07) is 14.4. The van der Waals surface area contributed by atoms with Crippen molar-refractivity contribution in [1.82, 2.24) is 14.8 Å². The van der Waals surface area contributed by atoms with Gasteiger partial charge in [0.15, 0.2) is 5.65 Å². The number of carbonyl (C=O) groups is 2. The largest absolute Gasteiger partial charge is 0.497 e. The van der Waals surface area contributed by atoms with Crippen LogP contribution < -0.4 is 9.64 Å². The third kappa shape index (κ3) is 2.64. The van der Waals surface area contributed by atoms with E-state index in [2.05, 4.69) is 26.0 Å². The number of amides is 2. The number of rotatable bonds is 3. The number of nitrogens with zero attached hydrogens (tertiary/aromatic N) is 4. The number of carbonyl (C=O) groups excluding carboxylic acids is 2. The Morgan fingerprint density at radius 1 is 0.933 bits per heavy atom. The van der Waals surface area contributed by atoms with Crippen LogP contribution in [-0.2, 0) is 0 Å². The van der Waals surface area contributed by atoms with Crippen molar-refractivity contribution in [3.63, 3.8) is 0 Å². The van der Waals surface area contributed by atoms with Crippen LogP contribution in [0.3, 0.4) is 0 Å². The molecule has 2 aromatic heterocycles. The number of hydrogen-bond acceptors (Lipinski definition) is 5. The highest BCUT2D eigenvalue weighted by Gasteiger charge is 2.40. The molecular weight excluding hydrogens is 448 g/mol. The van der Waals surface area contributed by atoms with E-state index in [0.717, 1.165) is 15.9 Å². The number of benzene rings is 2. The van der Waals surface area contributed by atoms with Crippen LogP contribution in [0.15, 0.2) is 59.2 Å². The number of halogens is 1. The zero-order valence-electron chi connectivity index (χ0n) is 16.1. The number of ether oxygens (including phenoxy) is 1. The third-order valence-electron chi connectivity index (χ3n) is 5.12. The first-order valence-corrected chi connectivity index (χ1v) is 9.96. The molecule has 4 aromatic rings. The van der Waals surface area contributed by atoms with Gasteiger partial charge in [-0.2, -0.15) is 5.10 Å². The summed E-state index contributed by atoms with van der Waals surface area (Å²) >= 11 is 3.37. The summed E-state index contributed by atoms with van der Waals surface area (Å²) in [5, 5.41) is 5.17. The zero-order chi connectivity index (χ0) is 21.0. The number of hydrogen-bond donors (Lipinski definition) is 0. The summed E-state index contributed by atoms with van der Waals surface area (Å²) in [5.74, 6) is -0.0304. The lowest BCUT2D eigenvalue weighted by molar-refractivity contribution is 0.0926. The molecular formula is C22H15BrN4O3. The van der Waals surface area contributed by atoms with Gasteiger partial charge in [0.05, 0.1) is 40.7 Å². The Bertz CT molecular complexity index is 1330. The van der Waals surface area contributed by atoms with Gasteiger partial charge in [-0.3, -0.25) is 9.59 Å². The highest BCUT2D eigenvalue weighted by atomic mass is 79.9. The number of aromatic nitrogens is 3. The van der Waals surface area contributed by atoms with Gasteiger partial charge in [-0.15, -0.1) is 0 Å². The van der Waals surface area contributed by atoms with Gasteiger partial charge in [0.25, 0.3) is 11.8 Å². The maximum atomic E-state index is 13.3. The molecule has 0 radical (unpaired) electrons. The lowest BCUT2D eigenvalue weighted by atomic mass is 10.1. The molecule has 1 aliphatic heterocycles. The van der Waals surface area contributed by atoms with Gasteiger partial charge in [-0.05, 0) is 55.5 Å². The molecule has 0 aliphatic carbocycles. The van der Waals surface area contributed by atoms with Crippen LogP contribution >= 0.6 is 15.9 Å². The Hall–Kier alpha value is -3.52. The summed E-state index contributed by atoms with van der Waals surface area (Å²) in [5.41, 5.74) is 3.07. The molecule has 0 spiro atoms. The number of anilines is 1. The fourth-order valence-corrected chi connectivity index (χ4v) is 3.95. The van der Waals surface area contributed by atoms with Gasteiger partial charge in [-0.1, -0.05) is 15.9 Å². The molecule has 8 heteroatoms. The van der Waals surface area contributed by atoms with Gasteiger partial charge in [0, 0.05) is 10.7 Å². The second kappa shape index (κ2) is 6.77. The number of methoxy groups -OCH3 is 1. The van der Waals surface area contributed by atoms with Crippen molar-refractivity contribution in [3.8, 4) is 11.4 Å². The van der Waals surface area contributed by atoms with Crippen LogP contribution in [0.1, 0.15) is 26.4 Å². The number of pyridine rings is 1.